The third-order valence-corrected chi connectivity index (χ3v) is 4.42. The van der Waals surface area contributed by atoms with Crippen molar-refractivity contribution in [2.24, 2.45) is 0 Å². The predicted octanol–water partition coefficient (Wildman–Crippen LogP) is 1.91. The Hall–Kier alpha value is -0.410. The van der Waals surface area contributed by atoms with Crippen LogP contribution in [0.4, 0.5) is 0 Å². The fourth-order valence-electron chi connectivity index (χ4n) is 3.30. The van der Waals surface area contributed by atoms with E-state index in [1.807, 2.05) is 6.92 Å². The molecule has 0 aliphatic carbocycles. The van der Waals surface area contributed by atoms with Gasteiger partial charge in [0.25, 0.3) is 0 Å². The van der Waals surface area contributed by atoms with Crippen molar-refractivity contribution in [3.63, 3.8) is 0 Å². The van der Waals surface area contributed by atoms with Crippen molar-refractivity contribution >= 4 is 5.78 Å². The lowest BCUT2D eigenvalue weighted by Crippen LogP contribution is -2.53. The molecule has 2 fully saturated rings. The van der Waals surface area contributed by atoms with Crippen molar-refractivity contribution in [1.82, 2.24) is 9.80 Å². The number of rotatable bonds is 3. The average molecular weight is 238 g/mol. The molecule has 2 heterocycles. The molecule has 98 valence electrons. The maximum absolute atomic E-state index is 12.0. The van der Waals surface area contributed by atoms with Gasteiger partial charge in [0.1, 0.15) is 5.78 Å². The number of carbonyl (C=O) groups excluding carboxylic acids is 1. The van der Waals surface area contributed by atoms with Gasteiger partial charge >= 0.3 is 0 Å². The second-order valence-corrected chi connectivity index (χ2v) is 5.60. The quantitative estimate of drug-likeness (QED) is 0.750. The molecule has 0 saturated carbocycles. The van der Waals surface area contributed by atoms with E-state index in [0.29, 0.717) is 18.2 Å². The van der Waals surface area contributed by atoms with Crippen LogP contribution in [0.15, 0.2) is 0 Å². The fourth-order valence-corrected chi connectivity index (χ4v) is 3.30. The van der Waals surface area contributed by atoms with Crippen molar-refractivity contribution in [2.75, 3.05) is 26.7 Å². The van der Waals surface area contributed by atoms with Gasteiger partial charge in [-0.1, -0.05) is 13.3 Å². The Bertz CT molecular complexity index is 259. The van der Waals surface area contributed by atoms with Gasteiger partial charge in [0.2, 0.25) is 0 Å². The molecule has 0 amide bonds. The molecule has 2 rings (SSSR count). The molecule has 3 nitrogen and oxygen atoms in total. The van der Waals surface area contributed by atoms with E-state index in [1.165, 1.54) is 38.8 Å². The van der Waals surface area contributed by atoms with E-state index in [4.69, 9.17) is 0 Å². The lowest BCUT2D eigenvalue weighted by Gasteiger charge is -2.43. The topological polar surface area (TPSA) is 23.6 Å². The van der Waals surface area contributed by atoms with Crippen LogP contribution in [-0.4, -0.2) is 54.3 Å². The van der Waals surface area contributed by atoms with Crippen LogP contribution in [0, 0.1) is 0 Å². The van der Waals surface area contributed by atoms with Crippen molar-refractivity contribution in [3.05, 3.63) is 0 Å². The summed E-state index contributed by atoms with van der Waals surface area (Å²) in [6.45, 7) is 5.52. The number of Topliss-reactive ketones (excluding diaryl/α,β-unsaturated/α-hetero) is 1. The molecule has 0 radical (unpaired) electrons. The van der Waals surface area contributed by atoms with Crippen molar-refractivity contribution in [3.8, 4) is 0 Å². The molecule has 0 aromatic carbocycles. The highest BCUT2D eigenvalue weighted by atomic mass is 16.1. The molecule has 0 aromatic heterocycles. The molecule has 0 bridgehead atoms. The number of hydrogen-bond donors (Lipinski definition) is 0. The minimum atomic E-state index is 0.238. The summed E-state index contributed by atoms with van der Waals surface area (Å²) in [6.07, 6.45) is 6.79. The fraction of sp³-hybridized carbons (Fsp3) is 0.929. The minimum Gasteiger partial charge on any atom is -0.306 e. The SMILES string of the molecule is CCC(=O)C1CCCCN1C1CCN(C)CC1. The van der Waals surface area contributed by atoms with Crippen LogP contribution in [0.5, 0.6) is 0 Å². The van der Waals surface area contributed by atoms with Gasteiger partial charge in [0, 0.05) is 12.5 Å². The van der Waals surface area contributed by atoms with Gasteiger partial charge in [-0.05, 0) is 52.4 Å². The summed E-state index contributed by atoms with van der Waals surface area (Å²) in [6, 6.07) is 0.897. The van der Waals surface area contributed by atoms with Crippen LogP contribution in [0.2, 0.25) is 0 Å². The Balaban J connectivity index is 1.98. The Morgan fingerprint density at radius 2 is 1.82 bits per heavy atom. The Labute approximate surface area is 105 Å². The summed E-state index contributed by atoms with van der Waals surface area (Å²) in [5.74, 6) is 0.462. The lowest BCUT2D eigenvalue weighted by molar-refractivity contribution is -0.126. The number of nitrogens with zero attached hydrogens (tertiary/aromatic N) is 2. The molecule has 0 N–H and O–H groups in total. The van der Waals surface area contributed by atoms with E-state index < -0.39 is 0 Å². The number of ketones is 1. The predicted molar refractivity (Wildman–Crippen MR) is 70.2 cm³/mol. The number of likely N-dealkylation sites (tertiary alicyclic amines) is 2. The molecule has 1 atom stereocenters. The Morgan fingerprint density at radius 1 is 1.12 bits per heavy atom. The number of hydrogen-bond acceptors (Lipinski definition) is 3. The number of carbonyl (C=O) groups is 1. The molecule has 17 heavy (non-hydrogen) atoms. The summed E-state index contributed by atoms with van der Waals surface area (Å²) < 4.78 is 0. The van der Waals surface area contributed by atoms with Crippen LogP contribution in [-0.2, 0) is 4.79 Å². The molecule has 2 aliphatic heterocycles. The summed E-state index contributed by atoms with van der Waals surface area (Å²) in [5.41, 5.74) is 0. The zero-order valence-corrected chi connectivity index (χ0v) is 11.3. The van der Waals surface area contributed by atoms with Gasteiger partial charge < -0.3 is 4.90 Å². The van der Waals surface area contributed by atoms with Crippen LogP contribution in [0.3, 0.4) is 0 Å². The highest BCUT2D eigenvalue weighted by molar-refractivity contribution is 5.83. The van der Waals surface area contributed by atoms with Crippen molar-refractivity contribution in [2.45, 2.75) is 57.5 Å². The smallest absolute Gasteiger partial charge is 0.149 e. The second kappa shape index (κ2) is 5.96. The normalized spacial score (nSPS) is 29.4. The van der Waals surface area contributed by atoms with E-state index in [1.54, 1.807) is 0 Å². The first-order valence-corrected chi connectivity index (χ1v) is 7.19. The maximum Gasteiger partial charge on any atom is 0.149 e. The average Bonchev–Trinajstić information content (AvgIpc) is 2.39. The second-order valence-electron chi connectivity index (χ2n) is 5.60. The molecule has 0 spiro atoms. The van der Waals surface area contributed by atoms with E-state index in [9.17, 15) is 4.79 Å². The first-order valence-electron chi connectivity index (χ1n) is 7.19. The summed E-state index contributed by atoms with van der Waals surface area (Å²) in [5, 5.41) is 0. The minimum absolute atomic E-state index is 0.238. The molecular weight excluding hydrogens is 212 g/mol. The zero-order chi connectivity index (χ0) is 12.3. The standard InChI is InChI=1S/C14H26N2O/c1-3-14(17)13-6-4-5-9-16(13)12-7-10-15(2)11-8-12/h12-13H,3-11H2,1-2H3. The summed E-state index contributed by atoms with van der Waals surface area (Å²) in [7, 11) is 2.20. The number of piperidine rings is 2. The summed E-state index contributed by atoms with van der Waals surface area (Å²) >= 11 is 0. The molecule has 0 aromatic rings. The van der Waals surface area contributed by atoms with Gasteiger partial charge in [-0.15, -0.1) is 0 Å². The van der Waals surface area contributed by atoms with E-state index in [0.717, 1.165) is 13.0 Å². The van der Waals surface area contributed by atoms with Crippen molar-refractivity contribution < 1.29 is 4.79 Å². The third-order valence-electron chi connectivity index (χ3n) is 4.42. The van der Waals surface area contributed by atoms with E-state index in [2.05, 4.69) is 16.8 Å². The third kappa shape index (κ3) is 3.08. The molecule has 3 heteroatoms. The monoisotopic (exact) mass is 238 g/mol. The Kier molecular flexibility index (Phi) is 4.57. The maximum atomic E-state index is 12.0. The molecule has 1 unspecified atom stereocenters. The van der Waals surface area contributed by atoms with Gasteiger partial charge in [0.15, 0.2) is 0 Å². The van der Waals surface area contributed by atoms with Gasteiger partial charge in [0.05, 0.1) is 6.04 Å². The molecule has 2 aliphatic rings. The highest BCUT2D eigenvalue weighted by Gasteiger charge is 2.33. The Morgan fingerprint density at radius 3 is 2.47 bits per heavy atom. The van der Waals surface area contributed by atoms with Crippen LogP contribution >= 0.6 is 0 Å². The van der Waals surface area contributed by atoms with Crippen LogP contribution < -0.4 is 0 Å². The van der Waals surface area contributed by atoms with Crippen molar-refractivity contribution in [1.29, 1.82) is 0 Å². The van der Waals surface area contributed by atoms with E-state index in [-0.39, 0.29) is 6.04 Å². The molecule has 2 saturated heterocycles. The van der Waals surface area contributed by atoms with E-state index >= 15 is 0 Å². The lowest BCUT2D eigenvalue weighted by atomic mass is 9.92. The van der Waals surface area contributed by atoms with Gasteiger partial charge in [-0.25, -0.2) is 0 Å². The first-order chi connectivity index (χ1) is 8.22. The largest absolute Gasteiger partial charge is 0.306 e. The highest BCUT2D eigenvalue weighted by Crippen LogP contribution is 2.26. The van der Waals surface area contributed by atoms with Crippen LogP contribution in [0.25, 0.3) is 0 Å². The van der Waals surface area contributed by atoms with Gasteiger partial charge in [-0.3, -0.25) is 9.69 Å². The van der Waals surface area contributed by atoms with Gasteiger partial charge in [-0.2, -0.15) is 0 Å². The summed E-state index contributed by atoms with van der Waals surface area (Å²) in [4.78, 5) is 17.0. The first kappa shape index (κ1) is 13.0. The molecular formula is C14H26N2O. The van der Waals surface area contributed by atoms with Crippen LogP contribution in [0.1, 0.15) is 45.4 Å². The zero-order valence-electron chi connectivity index (χ0n) is 11.3.